The maximum Gasteiger partial charge on any atom is 0.305 e. The van der Waals surface area contributed by atoms with Gasteiger partial charge in [-0.15, -0.1) is 0 Å². The predicted octanol–water partition coefficient (Wildman–Crippen LogP) is 3.33. The number of nitrogens with zero attached hydrogens (tertiary/aromatic N) is 4. The molecule has 0 saturated heterocycles. The summed E-state index contributed by atoms with van der Waals surface area (Å²) in [5.41, 5.74) is 4.51. The molecule has 2 heterocycles. The largest absolute Gasteiger partial charge is 0.469 e. The van der Waals surface area contributed by atoms with Crippen LogP contribution >= 0.6 is 0 Å². The Hall–Kier alpha value is -3.29. The number of aryl methyl sites for hydroxylation is 2. The lowest BCUT2D eigenvalue weighted by molar-refractivity contribution is -0.140. The molecule has 0 amide bonds. The lowest BCUT2D eigenvalue weighted by atomic mass is 10.1. The van der Waals surface area contributed by atoms with Crippen LogP contribution in [-0.4, -0.2) is 27.4 Å². The molecule has 0 bridgehead atoms. The lowest BCUT2D eigenvalue weighted by Crippen LogP contribution is -2.04. The van der Waals surface area contributed by atoms with Gasteiger partial charge in [0.15, 0.2) is 5.65 Å². The van der Waals surface area contributed by atoms with Gasteiger partial charge < -0.3 is 10.1 Å². The van der Waals surface area contributed by atoms with Crippen LogP contribution in [0.3, 0.4) is 0 Å². The van der Waals surface area contributed by atoms with Gasteiger partial charge in [0, 0.05) is 24.5 Å². The second-order valence-electron chi connectivity index (χ2n) is 6.49. The number of hydrogen-bond donors (Lipinski definition) is 1. The number of carbonyl (C=O) groups excluding carboxylic acids is 1. The molecular formula is C19H19N5O3. The average Bonchev–Trinajstić information content (AvgIpc) is 3.27. The fourth-order valence-corrected chi connectivity index (χ4v) is 3.50. The zero-order valence-electron chi connectivity index (χ0n) is 14.9. The minimum atomic E-state index is -0.277. The average molecular weight is 365 g/mol. The van der Waals surface area contributed by atoms with E-state index < -0.39 is 0 Å². The molecule has 1 aromatic carbocycles. The van der Waals surface area contributed by atoms with Crippen LogP contribution in [0.2, 0.25) is 0 Å². The van der Waals surface area contributed by atoms with E-state index in [1.807, 2.05) is 28.8 Å². The van der Waals surface area contributed by atoms with E-state index in [9.17, 15) is 9.70 Å². The van der Waals surface area contributed by atoms with Crippen LogP contribution in [0.5, 0.6) is 0 Å². The zero-order valence-corrected chi connectivity index (χ0v) is 14.9. The number of nitrogens with one attached hydrogen (secondary N) is 1. The fraction of sp³-hybridized carbons (Fsp3) is 0.316. The van der Waals surface area contributed by atoms with Gasteiger partial charge in [-0.3, -0.25) is 14.2 Å². The standard InChI is InChI=1S/C19H19N5O3/c1-27-18(25)7-6-16-19(24-9-8-20-11-17(24)22-16)21-13-3-4-14-12(10-13)2-5-15(14)23-26/h3-4,8-11,15,21H,2,5-7H2,1H3. The molecule has 4 rings (SSSR count). The number of anilines is 2. The monoisotopic (exact) mass is 365 g/mol. The second kappa shape index (κ2) is 7.14. The third-order valence-electron chi connectivity index (χ3n) is 4.88. The van der Waals surface area contributed by atoms with Crippen molar-refractivity contribution in [3.8, 4) is 0 Å². The number of esters is 1. The van der Waals surface area contributed by atoms with Crippen LogP contribution in [0.4, 0.5) is 11.5 Å². The van der Waals surface area contributed by atoms with Crippen LogP contribution < -0.4 is 5.32 Å². The molecule has 1 aliphatic rings. The number of hydrogen-bond acceptors (Lipinski definition) is 7. The van der Waals surface area contributed by atoms with Crippen molar-refractivity contribution in [3.63, 3.8) is 0 Å². The quantitative estimate of drug-likeness (QED) is 0.531. The highest BCUT2D eigenvalue weighted by Gasteiger charge is 2.23. The van der Waals surface area contributed by atoms with Gasteiger partial charge in [0.2, 0.25) is 0 Å². The molecule has 8 heteroatoms. The molecule has 0 spiro atoms. The maximum absolute atomic E-state index is 11.5. The van der Waals surface area contributed by atoms with E-state index in [0.29, 0.717) is 12.1 Å². The molecule has 1 aliphatic carbocycles. The second-order valence-corrected chi connectivity index (χ2v) is 6.49. The molecule has 0 fully saturated rings. The Morgan fingerprint density at radius 1 is 1.44 bits per heavy atom. The van der Waals surface area contributed by atoms with Crippen molar-refractivity contribution < 1.29 is 9.53 Å². The van der Waals surface area contributed by atoms with Gasteiger partial charge in [-0.1, -0.05) is 11.2 Å². The highest BCUT2D eigenvalue weighted by Crippen LogP contribution is 2.36. The van der Waals surface area contributed by atoms with Gasteiger partial charge in [0.1, 0.15) is 11.9 Å². The smallest absolute Gasteiger partial charge is 0.305 e. The van der Waals surface area contributed by atoms with E-state index in [2.05, 4.69) is 20.5 Å². The molecular weight excluding hydrogens is 346 g/mol. The van der Waals surface area contributed by atoms with E-state index in [1.165, 1.54) is 7.11 Å². The van der Waals surface area contributed by atoms with E-state index in [0.717, 1.165) is 41.2 Å². The minimum absolute atomic E-state index is 0.244. The first-order chi connectivity index (χ1) is 13.2. The van der Waals surface area contributed by atoms with Gasteiger partial charge in [-0.05, 0) is 36.1 Å². The number of nitroso groups, excluding NO2 is 1. The lowest BCUT2D eigenvalue weighted by Gasteiger charge is -2.11. The Balaban J connectivity index is 1.66. The van der Waals surface area contributed by atoms with Crippen molar-refractivity contribution in [2.24, 2.45) is 5.18 Å². The summed E-state index contributed by atoms with van der Waals surface area (Å²) in [6.45, 7) is 0. The van der Waals surface area contributed by atoms with Crippen molar-refractivity contribution >= 4 is 23.1 Å². The Morgan fingerprint density at radius 2 is 2.33 bits per heavy atom. The predicted molar refractivity (Wildman–Crippen MR) is 99.9 cm³/mol. The number of ether oxygens (including phenoxy) is 1. The Bertz CT molecular complexity index is 1010. The van der Waals surface area contributed by atoms with E-state index >= 15 is 0 Å². The Labute approximate surface area is 155 Å². The van der Waals surface area contributed by atoms with E-state index in [-0.39, 0.29) is 18.4 Å². The van der Waals surface area contributed by atoms with Crippen molar-refractivity contribution in [1.82, 2.24) is 14.4 Å². The van der Waals surface area contributed by atoms with Gasteiger partial charge in [-0.25, -0.2) is 4.98 Å². The molecule has 0 radical (unpaired) electrons. The molecule has 1 N–H and O–H groups in total. The first-order valence-electron chi connectivity index (χ1n) is 8.79. The van der Waals surface area contributed by atoms with Crippen LogP contribution in [0.1, 0.15) is 35.7 Å². The van der Waals surface area contributed by atoms with Crippen molar-refractivity contribution in [1.29, 1.82) is 0 Å². The molecule has 1 unspecified atom stereocenters. The molecule has 8 nitrogen and oxygen atoms in total. The summed E-state index contributed by atoms with van der Waals surface area (Å²) >= 11 is 0. The molecule has 3 aromatic rings. The molecule has 138 valence electrons. The highest BCUT2D eigenvalue weighted by atomic mass is 16.5. The third-order valence-corrected chi connectivity index (χ3v) is 4.88. The first kappa shape index (κ1) is 17.1. The molecule has 2 aromatic heterocycles. The summed E-state index contributed by atoms with van der Waals surface area (Å²) in [7, 11) is 1.38. The first-order valence-corrected chi connectivity index (χ1v) is 8.79. The summed E-state index contributed by atoms with van der Waals surface area (Å²) in [6.07, 6.45) is 7.49. The van der Waals surface area contributed by atoms with Gasteiger partial charge in [0.25, 0.3) is 0 Å². The number of imidazole rings is 1. The van der Waals surface area contributed by atoms with Gasteiger partial charge in [0.05, 0.1) is 25.4 Å². The number of methoxy groups -OCH3 is 1. The Kier molecular flexibility index (Phi) is 4.53. The number of aromatic nitrogens is 3. The highest BCUT2D eigenvalue weighted by molar-refractivity contribution is 5.71. The summed E-state index contributed by atoms with van der Waals surface area (Å²) in [6, 6.07) is 5.69. The van der Waals surface area contributed by atoms with E-state index in [4.69, 9.17) is 4.74 Å². The van der Waals surface area contributed by atoms with Crippen molar-refractivity contribution in [2.45, 2.75) is 31.7 Å². The summed E-state index contributed by atoms with van der Waals surface area (Å²) in [4.78, 5) is 31.2. The normalized spacial score (nSPS) is 15.5. The molecule has 1 atom stereocenters. The number of rotatable bonds is 6. The van der Waals surface area contributed by atoms with Crippen LogP contribution in [0.25, 0.3) is 5.65 Å². The van der Waals surface area contributed by atoms with Gasteiger partial charge >= 0.3 is 5.97 Å². The molecule has 27 heavy (non-hydrogen) atoms. The SMILES string of the molecule is COC(=O)CCc1nc2cnccn2c1Nc1ccc2c(c1)CCC2N=O. The number of carbonyl (C=O) groups is 1. The zero-order chi connectivity index (χ0) is 18.8. The summed E-state index contributed by atoms with van der Waals surface area (Å²) in [5, 5.41) is 6.61. The van der Waals surface area contributed by atoms with Crippen molar-refractivity contribution in [3.05, 3.63) is 58.5 Å². The summed E-state index contributed by atoms with van der Waals surface area (Å²) < 4.78 is 6.64. The summed E-state index contributed by atoms with van der Waals surface area (Å²) in [5.74, 6) is 0.514. The minimum Gasteiger partial charge on any atom is -0.469 e. The molecule has 0 saturated carbocycles. The number of fused-ring (bicyclic) bond motifs is 2. The number of benzene rings is 1. The van der Waals surface area contributed by atoms with Crippen molar-refractivity contribution in [2.75, 3.05) is 12.4 Å². The van der Waals surface area contributed by atoms with E-state index in [1.54, 1.807) is 12.4 Å². The van der Waals surface area contributed by atoms with Crippen LogP contribution in [-0.2, 0) is 22.4 Å². The Morgan fingerprint density at radius 3 is 3.15 bits per heavy atom. The molecule has 0 aliphatic heterocycles. The maximum atomic E-state index is 11.5. The van der Waals surface area contributed by atoms with Gasteiger partial charge in [-0.2, -0.15) is 4.91 Å². The topological polar surface area (TPSA) is 97.9 Å². The third kappa shape index (κ3) is 3.25. The fourth-order valence-electron chi connectivity index (χ4n) is 3.50. The van der Waals surface area contributed by atoms with Crippen LogP contribution in [0, 0.1) is 4.91 Å². The van der Waals surface area contributed by atoms with Crippen LogP contribution in [0.15, 0.2) is 42.0 Å².